The zero-order chi connectivity index (χ0) is 31.2. The number of nitrogens with two attached hydrogens (primary N) is 1. The van der Waals surface area contributed by atoms with E-state index >= 15 is 0 Å². The Kier molecular flexibility index (Phi) is 8.90. The highest BCUT2D eigenvalue weighted by Gasteiger charge is 2.28. The van der Waals surface area contributed by atoms with Gasteiger partial charge in [0.25, 0.3) is 0 Å². The first-order chi connectivity index (χ1) is 22.3. The molecule has 0 saturated carbocycles. The van der Waals surface area contributed by atoms with Crippen LogP contribution in [0.25, 0.3) is 33.3 Å². The third-order valence-corrected chi connectivity index (χ3v) is 8.42. The molecule has 0 radical (unpaired) electrons. The average molecular weight is 588 g/mol. The van der Waals surface area contributed by atoms with E-state index in [0.29, 0.717) is 5.84 Å². The quantitative estimate of drug-likeness (QED) is 0.111. The molecular weight excluding hydrogens is 550 g/mol. The molecule has 5 heteroatoms. The zero-order valence-corrected chi connectivity index (χ0v) is 25.5. The number of fused-ring (bicyclic) bond motifs is 2. The lowest BCUT2D eigenvalue weighted by molar-refractivity contribution is 0.893. The van der Waals surface area contributed by atoms with Crippen molar-refractivity contribution in [2.24, 2.45) is 15.7 Å². The molecular formula is C40H37N5. The van der Waals surface area contributed by atoms with Crippen molar-refractivity contribution in [3.63, 3.8) is 0 Å². The van der Waals surface area contributed by atoms with E-state index in [2.05, 4.69) is 88.8 Å². The summed E-state index contributed by atoms with van der Waals surface area (Å²) in [6.07, 6.45) is 12.9. The molecule has 3 N–H and O–H groups in total. The number of aliphatic imine (C=N–C) groups is 2. The summed E-state index contributed by atoms with van der Waals surface area (Å²) in [5.74, 6) is 0.599. The zero-order valence-electron chi connectivity index (χ0n) is 25.5. The number of hydrogen-bond donors (Lipinski definition) is 2. The van der Waals surface area contributed by atoms with Gasteiger partial charge in [-0.1, -0.05) is 115 Å². The fourth-order valence-electron chi connectivity index (χ4n) is 6.53. The Morgan fingerprint density at radius 3 is 2.36 bits per heavy atom. The molecule has 0 saturated heterocycles. The van der Waals surface area contributed by atoms with Gasteiger partial charge in [-0.2, -0.15) is 0 Å². The maximum atomic E-state index is 8.50. The molecule has 1 aromatic heterocycles. The molecule has 0 spiro atoms. The molecule has 1 atom stereocenters. The van der Waals surface area contributed by atoms with Crippen molar-refractivity contribution < 1.29 is 0 Å². The number of allylic oxidation sites excluding steroid dienone is 5. The Morgan fingerprint density at radius 2 is 1.60 bits per heavy atom. The Hall–Kier alpha value is -5.39. The Bertz CT molecular complexity index is 1970. The number of amidine groups is 1. The largest absolute Gasteiger partial charge is 0.333 e. The molecule has 0 amide bonds. The van der Waals surface area contributed by atoms with Gasteiger partial charge in [-0.25, -0.2) is 4.99 Å². The van der Waals surface area contributed by atoms with E-state index in [9.17, 15) is 0 Å². The van der Waals surface area contributed by atoms with E-state index < -0.39 is 0 Å². The first-order valence-electron chi connectivity index (χ1n) is 15.3. The van der Waals surface area contributed by atoms with Crippen LogP contribution < -0.4 is 5.73 Å². The lowest BCUT2D eigenvalue weighted by Gasteiger charge is -2.18. The van der Waals surface area contributed by atoms with Crippen LogP contribution in [0.1, 0.15) is 40.4 Å². The van der Waals surface area contributed by atoms with Gasteiger partial charge in [0.1, 0.15) is 0 Å². The van der Waals surface area contributed by atoms with E-state index in [1.165, 1.54) is 52.2 Å². The van der Waals surface area contributed by atoms with Crippen LogP contribution in [0.3, 0.4) is 0 Å². The van der Waals surface area contributed by atoms with Gasteiger partial charge in [0.2, 0.25) is 0 Å². The van der Waals surface area contributed by atoms with Gasteiger partial charge in [0.15, 0.2) is 5.84 Å². The van der Waals surface area contributed by atoms with Gasteiger partial charge in [0, 0.05) is 28.4 Å². The summed E-state index contributed by atoms with van der Waals surface area (Å²) in [6.45, 7) is 3.79. The second-order valence-corrected chi connectivity index (χ2v) is 10.9. The van der Waals surface area contributed by atoms with Crippen LogP contribution in [0.15, 0.2) is 137 Å². The molecule has 2 aliphatic rings. The van der Waals surface area contributed by atoms with Crippen LogP contribution in [0.2, 0.25) is 0 Å². The first-order valence-corrected chi connectivity index (χ1v) is 15.3. The van der Waals surface area contributed by atoms with Crippen LogP contribution in [0.4, 0.5) is 0 Å². The molecule has 5 nitrogen and oxygen atoms in total. The van der Waals surface area contributed by atoms with E-state index in [-0.39, 0.29) is 6.04 Å². The van der Waals surface area contributed by atoms with Gasteiger partial charge >= 0.3 is 0 Å². The van der Waals surface area contributed by atoms with Crippen LogP contribution in [-0.2, 0) is 12.8 Å². The summed E-state index contributed by atoms with van der Waals surface area (Å²) in [4.78, 5) is 9.26. The van der Waals surface area contributed by atoms with Gasteiger partial charge in [-0.15, -0.1) is 0 Å². The molecule has 0 bridgehead atoms. The standard InChI is InChI=1S/C39H32N4.CH5N/c1-41-39(28-15-6-3-7-16-28)42-34(27-13-4-2-5-14-27)22-11-19-31(26-40)43-35-23-10-18-30-25-29-17-8-9-20-32(29)33-21-12-24-36(43)38(33)37(30)35;1-2/h2-9,11-22,24,26,34,40H,1,10,23,25H2;2H2,1H3/b22-11+,31-19+,40-26?,42-39?;. The number of hydrogen-bond acceptors (Lipinski definition) is 3. The van der Waals surface area contributed by atoms with Crippen LogP contribution >= 0.6 is 0 Å². The number of rotatable bonds is 7. The van der Waals surface area contributed by atoms with E-state index in [1.807, 2.05) is 60.7 Å². The smallest absolute Gasteiger partial charge is 0.154 e. The van der Waals surface area contributed by atoms with Gasteiger partial charge in [-0.3, -0.25) is 4.99 Å². The van der Waals surface area contributed by atoms with Crippen molar-refractivity contribution in [3.05, 3.63) is 155 Å². The molecule has 7 rings (SSSR count). The summed E-state index contributed by atoms with van der Waals surface area (Å²) >= 11 is 0. The number of benzene rings is 4. The van der Waals surface area contributed by atoms with Crippen molar-refractivity contribution >= 4 is 40.9 Å². The average Bonchev–Trinajstić information content (AvgIpc) is 3.37. The van der Waals surface area contributed by atoms with Gasteiger partial charge in [-0.05, 0) is 73.0 Å². The van der Waals surface area contributed by atoms with Crippen LogP contribution in [-0.4, -0.2) is 30.4 Å². The molecule has 222 valence electrons. The lowest BCUT2D eigenvalue weighted by Crippen LogP contribution is -2.08. The minimum absolute atomic E-state index is 0.260. The van der Waals surface area contributed by atoms with E-state index in [0.717, 1.165) is 41.6 Å². The monoisotopic (exact) mass is 587 g/mol. The Morgan fingerprint density at radius 1 is 0.889 bits per heavy atom. The third kappa shape index (κ3) is 5.66. The third-order valence-electron chi connectivity index (χ3n) is 8.42. The van der Waals surface area contributed by atoms with Crippen LogP contribution in [0, 0.1) is 5.41 Å². The SMILES string of the molecule is C=NC(=NC(/C=C/C=C(\C=N)n1c2c3c4c(cccc41)-c1ccccc1CC3=CCC2)c1ccccc1)c1ccccc1.CN. The Labute approximate surface area is 265 Å². The summed E-state index contributed by atoms with van der Waals surface area (Å²) < 4.78 is 2.30. The van der Waals surface area contributed by atoms with Crippen molar-refractivity contribution in [2.75, 3.05) is 7.05 Å². The van der Waals surface area contributed by atoms with Crippen molar-refractivity contribution in [1.29, 1.82) is 5.41 Å². The number of nitrogens with one attached hydrogen (secondary N) is 1. The summed E-state index contributed by atoms with van der Waals surface area (Å²) in [6, 6.07) is 35.3. The number of aromatic nitrogens is 1. The maximum Gasteiger partial charge on any atom is 0.154 e. The normalized spacial score (nSPS) is 14.6. The number of nitrogens with zero attached hydrogens (tertiary/aromatic N) is 3. The fraction of sp³-hybridized carbons (Fsp3) is 0.125. The van der Waals surface area contributed by atoms with Crippen molar-refractivity contribution in [1.82, 2.24) is 4.57 Å². The predicted molar refractivity (Wildman–Crippen MR) is 191 cm³/mol. The molecule has 5 aromatic rings. The molecule has 2 aliphatic carbocycles. The summed E-state index contributed by atoms with van der Waals surface area (Å²) in [5, 5.41) is 9.79. The molecule has 0 aliphatic heterocycles. The molecule has 4 aromatic carbocycles. The topological polar surface area (TPSA) is 79.5 Å². The predicted octanol–water partition coefficient (Wildman–Crippen LogP) is 8.70. The second kappa shape index (κ2) is 13.5. The Balaban J connectivity index is 0.00000175. The van der Waals surface area contributed by atoms with Gasteiger partial charge < -0.3 is 15.7 Å². The maximum absolute atomic E-state index is 8.50. The first kappa shape index (κ1) is 29.7. The lowest BCUT2D eigenvalue weighted by atomic mass is 9.91. The van der Waals surface area contributed by atoms with Crippen molar-refractivity contribution in [3.8, 4) is 11.1 Å². The minimum Gasteiger partial charge on any atom is -0.333 e. The van der Waals surface area contributed by atoms with Gasteiger partial charge in [0.05, 0.1) is 17.3 Å². The molecule has 1 unspecified atom stereocenters. The highest BCUT2D eigenvalue weighted by atomic mass is 15.0. The highest BCUT2D eigenvalue weighted by molar-refractivity contribution is 6.12. The van der Waals surface area contributed by atoms with E-state index in [1.54, 1.807) is 0 Å². The minimum atomic E-state index is -0.260. The van der Waals surface area contributed by atoms with Crippen LogP contribution in [0.5, 0.6) is 0 Å². The molecule has 1 heterocycles. The molecule has 0 fully saturated rings. The fourth-order valence-corrected chi connectivity index (χ4v) is 6.53. The van der Waals surface area contributed by atoms with E-state index in [4.69, 9.17) is 10.4 Å². The summed E-state index contributed by atoms with van der Waals surface area (Å²) in [7, 11) is 1.50. The highest BCUT2D eigenvalue weighted by Crippen LogP contribution is 2.46. The van der Waals surface area contributed by atoms with Crippen molar-refractivity contribution in [2.45, 2.75) is 25.3 Å². The summed E-state index contributed by atoms with van der Waals surface area (Å²) in [5.41, 5.74) is 16.4. The molecule has 45 heavy (non-hydrogen) atoms. The second-order valence-electron chi connectivity index (χ2n) is 10.9.